The van der Waals surface area contributed by atoms with Crippen LogP contribution in [0.5, 0.6) is 0 Å². The average molecular weight is 374 g/mol. The van der Waals surface area contributed by atoms with Crippen LogP contribution >= 0.6 is 0 Å². The van der Waals surface area contributed by atoms with Crippen molar-refractivity contribution in [3.05, 3.63) is 68.8 Å². The first-order valence-electron chi connectivity index (χ1n) is 8.67. The summed E-state index contributed by atoms with van der Waals surface area (Å²) in [5.74, 6) is 0. The zero-order valence-corrected chi connectivity index (χ0v) is 15.7. The van der Waals surface area contributed by atoms with E-state index in [0.717, 1.165) is 30.9 Å². The second-order valence-corrected chi connectivity index (χ2v) is 8.50. The van der Waals surface area contributed by atoms with Crippen molar-refractivity contribution in [1.82, 2.24) is 4.72 Å². The first-order chi connectivity index (χ1) is 12.3. The van der Waals surface area contributed by atoms with Crippen molar-refractivity contribution >= 4 is 15.7 Å². The van der Waals surface area contributed by atoms with Gasteiger partial charge < -0.3 is 0 Å². The molecular formula is C19H22N2O4S. The van der Waals surface area contributed by atoms with Gasteiger partial charge in [-0.25, -0.2) is 13.1 Å². The van der Waals surface area contributed by atoms with Gasteiger partial charge in [0.2, 0.25) is 10.0 Å². The molecule has 0 aliphatic heterocycles. The van der Waals surface area contributed by atoms with Gasteiger partial charge in [0.25, 0.3) is 5.69 Å². The molecule has 1 N–H and O–H groups in total. The Morgan fingerprint density at radius 1 is 1.08 bits per heavy atom. The third-order valence-electron chi connectivity index (χ3n) is 4.89. The van der Waals surface area contributed by atoms with Crippen molar-refractivity contribution in [1.29, 1.82) is 0 Å². The van der Waals surface area contributed by atoms with Gasteiger partial charge in [-0.2, -0.15) is 0 Å². The van der Waals surface area contributed by atoms with E-state index in [4.69, 9.17) is 0 Å². The van der Waals surface area contributed by atoms with Crippen molar-refractivity contribution in [2.75, 3.05) is 0 Å². The maximum atomic E-state index is 12.7. The van der Waals surface area contributed by atoms with Crippen molar-refractivity contribution < 1.29 is 13.3 Å². The molecule has 0 saturated heterocycles. The molecule has 2 aromatic carbocycles. The normalized spacial score (nSPS) is 15.3. The number of nitrogens with zero attached hydrogens (tertiary/aromatic N) is 1. The van der Waals surface area contributed by atoms with Crippen LogP contribution in [-0.4, -0.2) is 13.3 Å². The van der Waals surface area contributed by atoms with Crippen LogP contribution in [0, 0.1) is 17.0 Å². The maximum absolute atomic E-state index is 12.7. The lowest BCUT2D eigenvalue weighted by Gasteiger charge is -2.20. The van der Waals surface area contributed by atoms with E-state index in [9.17, 15) is 18.5 Å². The molecule has 0 radical (unpaired) electrons. The smallest absolute Gasteiger partial charge is 0.258 e. The molecule has 0 fully saturated rings. The van der Waals surface area contributed by atoms with Crippen LogP contribution in [0.4, 0.5) is 5.69 Å². The third kappa shape index (κ3) is 3.78. The van der Waals surface area contributed by atoms with E-state index in [1.54, 1.807) is 13.8 Å². The van der Waals surface area contributed by atoms with E-state index >= 15 is 0 Å². The van der Waals surface area contributed by atoms with Gasteiger partial charge in [-0.1, -0.05) is 24.3 Å². The summed E-state index contributed by atoms with van der Waals surface area (Å²) in [5, 5.41) is 11.1. The van der Waals surface area contributed by atoms with E-state index in [-0.39, 0.29) is 10.6 Å². The molecule has 0 heterocycles. The van der Waals surface area contributed by atoms with E-state index in [2.05, 4.69) is 16.9 Å². The van der Waals surface area contributed by atoms with E-state index in [1.807, 2.05) is 6.07 Å². The van der Waals surface area contributed by atoms with Gasteiger partial charge in [0.1, 0.15) is 0 Å². The summed E-state index contributed by atoms with van der Waals surface area (Å²) in [4.78, 5) is 10.4. The molecule has 1 atom stereocenters. The number of rotatable bonds is 5. The minimum absolute atomic E-state index is 0.0976. The van der Waals surface area contributed by atoms with Gasteiger partial charge >= 0.3 is 0 Å². The molecule has 26 heavy (non-hydrogen) atoms. The summed E-state index contributed by atoms with van der Waals surface area (Å²) in [6.45, 7) is 3.36. The quantitative estimate of drug-likeness (QED) is 0.636. The number of nitro groups is 1. The Labute approximate surface area is 153 Å². The summed E-state index contributed by atoms with van der Waals surface area (Å²) in [5.41, 5.74) is 3.75. The highest BCUT2D eigenvalue weighted by Crippen LogP contribution is 2.27. The molecule has 3 rings (SSSR count). The lowest BCUT2D eigenvalue weighted by atomic mass is 9.89. The number of hydrogen-bond acceptors (Lipinski definition) is 4. The molecule has 6 nitrogen and oxygen atoms in total. The van der Waals surface area contributed by atoms with Crippen molar-refractivity contribution in [3.8, 4) is 0 Å². The fraction of sp³-hybridized carbons (Fsp3) is 0.368. The second kappa shape index (κ2) is 7.17. The first-order valence-corrected chi connectivity index (χ1v) is 10.2. The summed E-state index contributed by atoms with van der Waals surface area (Å²) >= 11 is 0. The number of aryl methyl sites for hydroxylation is 3. The Bertz CT molecular complexity index is 954. The van der Waals surface area contributed by atoms with Gasteiger partial charge in [-0.3, -0.25) is 10.1 Å². The summed E-state index contributed by atoms with van der Waals surface area (Å²) in [6, 6.07) is 9.63. The minimum atomic E-state index is -3.86. The Morgan fingerprint density at radius 2 is 1.77 bits per heavy atom. The standard InChI is InChI=1S/C19H22N2O4S/c1-13-7-10-18(12-19(13)21(22)23)26(24,25)20-14(2)16-9-8-15-5-3-4-6-17(15)11-16/h7-12,14,20H,3-6H2,1-2H3/t14-/m1/s1. The molecule has 0 spiro atoms. The van der Waals surface area contributed by atoms with Crippen LogP contribution in [0.3, 0.4) is 0 Å². The zero-order chi connectivity index (χ0) is 18.9. The van der Waals surface area contributed by atoms with Crippen LogP contribution in [0.25, 0.3) is 0 Å². The van der Waals surface area contributed by atoms with Gasteiger partial charge in [0, 0.05) is 17.7 Å². The highest BCUT2D eigenvalue weighted by molar-refractivity contribution is 7.89. The minimum Gasteiger partial charge on any atom is -0.258 e. The molecule has 0 bridgehead atoms. The van der Waals surface area contributed by atoms with Crippen LogP contribution in [0.1, 0.15) is 48.1 Å². The van der Waals surface area contributed by atoms with E-state index < -0.39 is 21.0 Å². The number of hydrogen-bond donors (Lipinski definition) is 1. The third-order valence-corrected chi connectivity index (χ3v) is 6.43. The Kier molecular flexibility index (Phi) is 5.11. The fourth-order valence-electron chi connectivity index (χ4n) is 3.34. The summed E-state index contributed by atoms with van der Waals surface area (Å²) in [7, 11) is -3.86. The number of benzene rings is 2. The predicted molar refractivity (Wildman–Crippen MR) is 99.7 cm³/mol. The van der Waals surface area contributed by atoms with Crippen LogP contribution in [-0.2, 0) is 22.9 Å². The number of fused-ring (bicyclic) bond motifs is 1. The Hall–Kier alpha value is -2.25. The Balaban J connectivity index is 1.85. The predicted octanol–water partition coefficient (Wildman–Crippen LogP) is 3.82. The molecule has 0 saturated carbocycles. The molecular weight excluding hydrogens is 352 g/mol. The molecule has 1 aliphatic carbocycles. The van der Waals surface area contributed by atoms with E-state index in [1.165, 1.54) is 29.7 Å². The van der Waals surface area contributed by atoms with Crippen molar-refractivity contribution in [2.24, 2.45) is 0 Å². The van der Waals surface area contributed by atoms with Crippen LogP contribution < -0.4 is 4.72 Å². The number of sulfonamides is 1. The monoisotopic (exact) mass is 374 g/mol. The van der Waals surface area contributed by atoms with Crippen LogP contribution in [0.15, 0.2) is 41.3 Å². The summed E-state index contributed by atoms with van der Waals surface area (Å²) in [6.07, 6.45) is 4.44. The second-order valence-electron chi connectivity index (χ2n) is 6.78. The molecule has 0 aromatic heterocycles. The Morgan fingerprint density at radius 3 is 2.46 bits per heavy atom. The molecule has 1 aliphatic rings. The molecule has 138 valence electrons. The van der Waals surface area contributed by atoms with Gasteiger partial charge in [-0.05, 0) is 62.3 Å². The fourth-order valence-corrected chi connectivity index (χ4v) is 4.60. The number of nitrogens with one attached hydrogen (secondary N) is 1. The molecule has 0 amide bonds. The maximum Gasteiger partial charge on any atom is 0.273 e. The SMILES string of the molecule is Cc1ccc(S(=O)(=O)N[C@H](C)c2ccc3c(c2)CCCC3)cc1[N+](=O)[O-]. The van der Waals surface area contributed by atoms with Crippen molar-refractivity contribution in [2.45, 2.75) is 50.5 Å². The van der Waals surface area contributed by atoms with Crippen molar-refractivity contribution in [3.63, 3.8) is 0 Å². The van der Waals surface area contributed by atoms with Crippen LogP contribution in [0.2, 0.25) is 0 Å². The largest absolute Gasteiger partial charge is 0.273 e. The summed E-state index contributed by atoms with van der Waals surface area (Å²) < 4.78 is 27.9. The lowest BCUT2D eigenvalue weighted by Crippen LogP contribution is -2.27. The van der Waals surface area contributed by atoms with Gasteiger partial charge in [0.05, 0.1) is 9.82 Å². The highest BCUT2D eigenvalue weighted by Gasteiger charge is 2.22. The van der Waals surface area contributed by atoms with E-state index in [0.29, 0.717) is 5.56 Å². The van der Waals surface area contributed by atoms with Gasteiger partial charge in [0.15, 0.2) is 0 Å². The first kappa shape index (κ1) is 18.5. The number of nitro benzene ring substituents is 1. The molecule has 0 unspecified atom stereocenters. The highest BCUT2D eigenvalue weighted by atomic mass is 32.2. The zero-order valence-electron chi connectivity index (χ0n) is 14.9. The molecule has 2 aromatic rings. The van der Waals surface area contributed by atoms with Gasteiger partial charge in [-0.15, -0.1) is 0 Å². The average Bonchev–Trinajstić information content (AvgIpc) is 2.60. The lowest BCUT2D eigenvalue weighted by molar-refractivity contribution is -0.385. The molecule has 7 heteroatoms. The topological polar surface area (TPSA) is 89.3 Å².